The Morgan fingerprint density at radius 1 is 1.29 bits per heavy atom. The summed E-state index contributed by atoms with van der Waals surface area (Å²) in [7, 11) is 0. The molecule has 2 heterocycles. The highest BCUT2D eigenvalue weighted by molar-refractivity contribution is 9.10. The van der Waals surface area contributed by atoms with Crippen LogP contribution in [0.3, 0.4) is 0 Å². The molecule has 112 valence electrons. The Morgan fingerprint density at radius 2 is 2.19 bits per heavy atom. The number of ether oxygens (including phenoxy) is 2. The van der Waals surface area contributed by atoms with Crippen LogP contribution in [0.2, 0.25) is 0 Å². The van der Waals surface area contributed by atoms with Crippen LogP contribution >= 0.6 is 15.9 Å². The van der Waals surface area contributed by atoms with Crippen LogP contribution in [0.1, 0.15) is 17.8 Å². The minimum atomic E-state index is 0.701. The van der Waals surface area contributed by atoms with Crippen molar-refractivity contribution in [3.05, 3.63) is 40.4 Å². The van der Waals surface area contributed by atoms with Gasteiger partial charge in [-0.25, -0.2) is 4.98 Å². The van der Waals surface area contributed by atoms with E-state index < -0.39 is 0 Å². The molecule has 6 heteroatoms. The summed E-state index contributed by atoms with van der Waals surface area (Å²) < 4.78 is 12.4. The zero-order valence-electron chi connectivity index (χ0n) is 11.7. The van der Waals surface area contributed by atoms with Crippen molar-refractivity contribution in [2.45, 2.75) is 19.4 Å². The summed E-state index contributed by atoms with van der Waals surface area (Å²) in [6.45, 7) is 3.07. The molecule has 0 fully saturated rings. The Kier molecular flexibility index (Phi) is 4.77. The van der Waals surface area contributed by atoms with Crippen LogP contribution in [0.15, 0.2) is 29.0 Å². The number of aromatic nitrogens is 2. The molecular weight excluding hydrogens is 334 g/mol. The summed E-state index contributed by atoms with van der Waals surface area (Å²) in [5.41, 5.74) is 1.17. The second-order valence-electron chi connectivity index (χ2n) is 4.92. The summed E-state index contributed by atoms with van der Waals surface area (Å²) >= 11 is 3.56. The largest absolute Gasteiger partial charge is 0.490 e. The van der Waals surface area contributed by atoms with Gasteiger partial charge in [0.1, 0.15) is 5.82 Å². The first kappa shape index (κ1) is 14.4. The summed E-state index contributed by atoms with van der Waals surface area (Å²) in [5, 5.41) is 3.41. The van der Waals surface area contributed by atoms with Gasteiger partial charge < -0.3 is 19.8 Å². The lowest BCUT2D eigenvalue weighted by Crippen LogP contribution is -2.17. The molecule has 2 aromatic rings. The van der Waals surface area contributed by atoms with Gasteiger partial charge in [0.05, 0.1) is 17.7 Å². The van der Waals surface area contributed by atoms with Gasteiger partial charge in [0.2, 0.25) is 0 Å². The van der Waals surface area contributed by atoms with Crippen molar-refractivity contribution >= 4 is 15.9 Å². The lowest BCUT2D eigenvalue weighted by atomic mass is 10.2. The van der Waals surface area contributed by atoms with Crippen molar-refractivity contribution in [3.63, 3.8) is 0 Å². The third-order valence-electron chi connectivity index (χ3n) is 3.28. The average molecular weight is 352 g/mol. The van der Waals surface area contributed by atoms with Gasteiger partial charge >= 0.3 is 0 Å². The number of rotatable bonds is 5. The minimum absolute atomic E-state index is 0.701. The van der Waals surface area contributed by atoms with E-state index in [2.05, 4.69) is 37.3 Å². The van der Waals surface area contributed by atoms with E-state index in [-0.39, 0.29) is 0 Å². The van der Waals surface area contributed by atoms with E-state index in [1.54, 1.807) is 6.20 Å². The van der Waals surface area contributed by atoms with Crippen molar-refractivity contribution in [2.75, 3.05) is 19.8 Å². The van der Waals surface area contributed by atoms with Gasteiger partial charge in [-0.05, 0) is 33.6 Å². The molecule has 0 bridgehead atoms. The molecule has 5 nitrogen and oxygen atoms in total. The van der Waals surface area contributed by atoms with Crippen molar-refractivity contribution in [2.24, 2.45) is 0 Å². The highest BCUT2D eigenvalue weighted by Crippen LogP contribution is 2.38. The fourth-order valence-electron chi connectivity index (χ4n) is 2.26. The number of nitrogens with one attached hydrogen (secondary N) is 2. The normalized spacial score (nSPS) is 14.0. The zero-order chi connectivity index (χ0) is 14.5. The Morgan fingerprint density at radius 3 is 3.05 bits per heavy atom. The molecule has 0 saturated carbocycles. The Hall–Kier alpha value is -1.53. The summed E-state index contributed by atoms with van der Waals surface area (Å²) in [5.74, 6) is 2.64. The number of halogens is 1. The Balaban J connectivity index is 1.58. The number of benzene rings is 1. The van der Waals surface area contributed by atoms with Gasteiger partial charge in [-0.1, -0.05) is 0 Å². The molecule has 1 aliphatic rings. The Labute approximate surface area is 132 Å². The number of nitrogens with zero attached hydrogens (tertiary/aromatic N) is 1. The maximum Gasteiger partial charge on any atom is 0.175 e. The maximum atomic E-state index is 5.74. The molecule has 1 aliphatic heterocycles. The number of hydrogen-bond donors (Lipinski definition) is 2. The van der Waals surface area contributed by atoms with Gasteiger partial charge in [0, 0.05) is 38.3 Å². The van der Waals surface area contributed by atoms with Crippen LogP contribution in [0.5, 0.6) is 11.5 Å². The summed E-state index contributed by atoms with van der Waals surface area (Å²) in [6.07, 6.45) is 5.42. The molecule has 0 aliphatic carbocycles. The molecule has 0 amide bonds. The molecule has 3 rings (SSSR count). The van der Waals surface area contributed by atoms with E-state index in [9.17, 15) is 0 Å². The lowest BCUT2D eigenvalue weighted by molar-refractivity contribution is 0.296. The number of fused-ring (bicyclic) bond motifs is 1. The topological polar surface area (TPSA) is 59.2 Å². The highest BCUT2D eigenvalue weighted by atomic mass is 79.9. The molecule has 21 heavy (non-hydrogen) atoms. The number of imidazole rings is 1. The Bertz CT molecular complexity index is 587. The first-order valence-electron chi connectivity index (χ1n) is 7.10. The van der Waals surface area contributed by atoms with E-state index in [1.165, 1.54) is 5.56 Å². The van der Waals surface area contributed by atoms with Gasteiger partial charge in [-0.2, -0.15) is 0 Å². The predicted molar refractivity (Wildman–Crippen MR) is 83.7 cm³/mol. The third-order valence-corrected chi connectivity index (χ3v) is 3.87. The molecule has 1 aromatic carbocycles. The highest BCUT2D eigenvalue weighted by Gasteiger charge is 2.15. The van der Waals surface area contributed by atoms with Crippen molar-refractivity contribution < 1.29 is 9.47 Å². The minimum Gasteiger partial charge on any atom is -0.490 e. The second kappa shape index (κ2) is 6.95. The third kappa shape index (κ3) is 3.77. The first-order valence-corrected chi connectivity index (χ1v) is 7.89. The van der Waals surface area contributed by atoms with Gasteiger partial charge in [0.15, 0.2) is 11.5 Å². The molecule has 0 atom stereocenters. The number of aromatic amines is 1. The molecule has 1 aromatic heterocycles. The monoisotopic (exact) mass is 351 g/mol. The van der Waals surface area contributed by atoms with Crippen LogP contribution < -0.4 is 14.8 Å². The zero-order valence-corrected chi connectivity index (χ0v) is 13.3. The van der Waals surface area contributed by atoms with Crippen molar-refractivity contribution in [1.82, 2.24) is 15.3 Å². The molecule has 0 spiro atoms. The van der Waals surface area contributed by atoms with E-state index in [0.717, 1.165) is 47.7 Å². The number of hydrogen-bond acceptors (Lipinski definition) is 4. The molecular formula is C15H18BrN3O2. The maximum absolute atomic E-state index is 5.74. The van der Waals surface area contributed by atoms with Crippen LogP contribution in [0, 0.1) is 0 Å². The van der Waals surface area contributed by atoms with E-state index in [1.807, 2.05) is 12.3 Å². The fraction of sp³-hybridized carbons (Fsp3) is 0.400. The van der Waals surface area contributed by atoms with Crippen molar-refractivity contribution in [1.29, 1.82) is 0 Å². The SMILES string of the molecule is Brc1cc(CNCCc2ncc[nH]2)cc2c1OCCCO2. The van der Waals surface area contributed by atoms with Crippen molar-refractivity contribution in [3.8, 4) is 11.5 Å². The summed E-state index contributed by atoms with van der Waals surface area (Å²) in [4.78, 5) is 7.30. The summed E-state index contributed by atoms with van der Waals surface area (Å²) in [6, 6.07) is 4.12. The number of H-pyrrole nitrogens is 1. The fourth-order valence-corrected chi connectivity index (χ4v) is 2.86. The lowest BCUT2D eigenvalue weighted by Gasteiger charge is -2.12. The van der Waals surface area contributed by atoms with E-state index in [4.69, 9.17) is 9.47 Å². The smallest absolute Gasteiger partial charge is 0.175 e. The quantitative estimate of drug-likeness (QED) is 0.813. The van der Waals surface area contributed by atoms with Crippen LogP contribution in [0.25, 0.3) is 0 Å². The molecule has 0 saturated heterocycles. The average Bonchev–Trinajstić information content (AvgIpc) is 2.87. The molecule has 2 N–H and O–H groups in total. The molecule has 0 radical (unpaired) electrons. The van der Waals surface area contributed by atoms with Gasteiger partial charge in [0.25, 0.3) is 0 Å². The molecule has 0 unspecified atom stereocenters. The van der Waals surface area contributed by atoms with Gasteiger partial charge in [-0.15, -0.1) is 0 Å². The van der Waals surface area contributed by atoms with Gasteiger partial charge in [-0.3, -0.25) is 0 Å². The predicted octanol–water partition coefficient (Wildman–Crippen LogP) is 2.67. The van der Waals surface area contributed by atoms with Crippen LogP contribution in [-0.2, 0) is 13.0 Å². The van der Waals surface area contributed by atoms with Crippen LogP contribution in [-0.4, -0.2) is 29.7 Å². The first-order chi connectivity index (χ1) is 10.3. The van der Waals surface area contributed by atoms with E-state index in [0.29, 0.717) is 13.2 Å². The second-order valence-corrected chi connectivity index (χ2v) is 5.77. The standard InChI is InChI=1S/C15H18BrN3O2/c16-12-8-11(9-13-15(12)21-7-1-6-20-13)10-17-3-2-14-18-4-5-19-14/h4-5,8-9,17H,1-3,6-7,10H2,(H,18,19). The van der Waals surface area contributed by atoms with E-state index >= 15 is 0 Å². The van der Waals surface area contributed by atoms with Crippen LogP contribution in [0.4, 0.5) is 0 Å².